The molecule has 0 heterocycles. The molecule has 5 heteroatoms. The normalized spacial score (nSPS) is 11.1. The van der Waals surface area contributed by atoms with Gasteiger partial charge in [0.05, 0.1) is 38.6 Å². The van der Waals surface area contributed by atoms with Crippen LogP contribution in [0.5, 0.6) is 0 Å². The van der Waals surface area contributed by atoms with Crippen LogP contribution >= 0.6 is 0 Å². The topological polar surface area (TPSA) is 58.9 Å². The van der Waals surface area contributed by atoms with Crippen molar-refractivity contribution in [1.29, 1.82) is 0 Å². The average molecular weight is 308 g/mol. The monoisotopic (exact) mass is 310 g/mol. The molecule has 0 saturated heterocycles. The van der Waals surface area contributed by atoms with Crippen molar-refractivity contribution in [3.05, 3.63) is 0 Å². The van der Waals surface area contributed by atoms with Gasteiger partial charge in [0.25, 0.3) is 0 Å². The Kier molecular flexibility index (Phi) is 11.4. The standard InChI is InChI=1S/C8H18O4.H2Te/c1-8(2,10)7-12-6-5-11-4-3-9;/h9-10H,3-7H2,1-2H3;1H2. The molecule has 0 radical (unpaired) electrons. The Morgan fingerprint density at radius 3 is 2.08 bits per heavy atom. The van der Waals surface area contributed by atoms with E-state index in [0.717, 1.165) is 0 Å². The van der Waals surface area contributed by atoms with Crippen LogP contribution < -0.4 is 0 Å². The molecular formula is C8H20O4Te. The average Bonchev–Trinajstić information content (AvgIpc) is 1.94. The summed E-state index contributed by atoms with van der Waals surface area (Å²) in [7, 11) is 0. The second kappa shape index (κ2) is 9.20. The molecule has 0 rings (SSSR count). The summed E-state index contributed by atoms with van der Waals surface area (Å²) >= 11 is 0. The molecule has 2 N–H and O–H groups in total. The zero-order valence-corrected chi connectivity index (χ0v) is 11.1. The van der Waals surface area contributed by atoms with E-state index in [0.29, 0.717) is 26.4 Å². The third kappa shape index (κ3) is 15.4. The molecular weight excluding hydrogens is 288 g/mol. The van der Waals surface area contributed by atoms with E-state index >= 15 is 0 Å². The summed E-state index contributed by atoms with van der Waals surface area (Å²) in [6.07, 6.45) is 0. The Balaban J connectivity index is 0. The molecule has 0 amide bonds. The number of rotatable bonds is 7. The van der Waals surface area contributed by atoms with Crippen molar-refractivity contribution in [3.8, 4) is 0 Å². The third-order valence-corrected chi connectivity index (χ3v) is 1.06. The van der Waals surface area contributed by atoms with Gasteiger partial charge in [-0.15, -0.1) is 0 Å². The molecule has 0 aromatic carbocycles. The van der Waals surface area contributed by atoms with Gasteiger partial charge in [0, 0.05) is 0 Å². The van der Waals surface area contributed by atoms with Crippen molar-refractivity contribution in [2.24, 2.45) is 0 Å². The quantitative estimate of drug-likeness (QED) is 0.461. The Morgan fingerprint density at radius 2 is 1.62 bits per heavy atom. The van der Waals surface area contributed by atoms with Gasteiger partial charge < -0.3 is 19.7 Å². The summed E-state index contributed by atoms with van der Waals surface area (Å²) in [5.41, 5.74) is -0.781. The number of aliphatic hydroxyl groups is 2. The van der Waals surface area contributed by atoms with Crippen LogP contribution in [0.2, 0.25) is 0 Å². The second-order valence-corrected chi connectivity index (χ2v) is 3.20. The molecule has 0 aliphatic rings. The van der Waals surface area contributed by atoms with Crippen LogP contribution in [0.4, 0.5) is 0 Å². The van der Waals surface area contributed by atoms with Crippen molar-refractivity contribution in [1.82, 2.24) is 0 Å². The van der Waals surface area contributed by atoms with Crippen molar-refractivity contribution < 1.29 is 19.7 Å². The molecule has 4 nitrogen and oxygen atoms in total. The molecule has 0 atom stereocenters. The van der Waals surface area contributed by atoms with Crippen molar-refractivity contribution >= 4 is 23.7 Å². The summed E-state index contributed by atoms with van der Waals surface area (Å²) in [6.45, 7) is 4.94. The molecule has 0 unspecified atom stereocenters. The SMILES string of the molecule is CC(C)(O)COCCOCCO.[TeH2]. The summed E-state index contributed by atoms with van der Waals surface area (Å²) in [4.78, 5) is 0. The van der Waals surface area contributed by atoms with E-state index in [-0.39, 0.29) is 30.3 Å². The molecule has 13 heavy (non-hydrogen) atoms. The molecule has 0 aliphatic carbocycles. The van der Waals surface area contributed by atoms with Crippen LogP contribution in [0.25, 0.3) is 0 Å². The maximum absolute atomic E-state index is 9.21. The van der Waals surface area contributed by atoms with E-state index in [1.165, 1.54) is 0 Å². The fourth-order valence-corrected chi connectivity index (χ4v) is 0.606. The first-order valence-electron chi connectivity index (χ1n) is 4.05. The van der Waals surface area contributed by atoms with Crippen molar-refractivity contribution in [2.45, 2.75) is 19.4 Å². The first-order chi connectivity index (χ1) is 5.56. The second-order valence-electron chi connectivity index (χ2n) is 3.20. The minimum atomic E-state index is -0.781. The molecule has 0 aromatic rings. The van der Waals surface area contributed by atoms with Crippen LogP contribution in [-0.2, 0) is 9.47 Å². The Labute approximate surface area is 96.0 Å². The molecule has 0 aliphatic heterocycles. The first-order valence-corrected chi connectivity index (χ1v) is 4.05. The van der Waals surface area contributed by atoms with Gasteiger partial charge in [0.15, 0.2) is 0 Å². The van der Waals surface area contributed by atoms with E-state index < -0.39 is 5.60 Å². The fourth-order valence-electron chi connectivity index (χ4n) is 0.606. The van der Waals surface area contributed by atoms with E-state index in [4.69, 9.17) is 14.6 Å². The zero-order chi connectivity index (χ0) is 9.45. The van der Waals surface area contributed by atoms with Crippen LogP contribution in [0.1, 0.15) is 13.8 Å². The molecule has 0 fully saturated rings. The predicted molar refractivity (Wildman–Crippen MR) is 53.6 cm³/mol. The summed E-state index contributed by atoms with van der Waals surface area (Å²) < 4.78 is 10.0. The molecule has 0 aromatic heterocycles. The summed E-state index contributed by atoms with van der Waals surface area (Å²) in [5.74, 6) is 0. The van der Waals surface area contributed by atoms with Gasteiger partial charge in [-0.05, 0) is 13.8 Å². The van der Waals surface area contributed by atoms with Gasteiger partial charge in [-0.3, -0.25) is 0 Å². The number of aliphatic hydroxyl groups excluding tert-OH is 1. The third-order valence-electron chi connectivity index (χ3n) is 1.06. The van der Waals surface area contributed by atoms with Gasteiger partial charge in [0.1, 0.15) is 0 Å². The van der Waals surface area contributed by atoms with Crippen LogP contribution in [-0.4, -0.2) is 72.5 Å². The summed E-state index contributed by atoms with van der Waals surface area (Å²) in [6, 6.07) is 0. The fraction of sp³-hybridized carbons (Fsp3) is 1.00. The van der Waals surface area contributed by atoms with Crippen molar-refractivity contribution in [2.75, 3.05) is 33.0 Å². The van der Waals surface area contributed by atoms with Gasteiger partial charge in [-0.2, -0.15) is 0 Å². The zero-order valence-electron chi connectivity index (χ0n) is 8.25. The molecule has 0 saturated carbocycles. The maximum atomic E-state index is 9.21. The Morgan fingerprint density at radius 1 is 1.08 bits per heavy atom. The Hall–Kier alpha value is 0.630. The van der Waals surface area contributed by atoms with E-state index in [9.17, 15) is 5.11 Å². The van der Waals surface area contributed by atoms with E-state index in [1.54, 1.807) is 13.8 Å². The minimum absolute atomic E-state index is 0. The molecule has 0 bridgehead atoms. The van der Waals surface area contributed by atoms with Gasteiger partial charge in [0.2, 0.25) is 0 Å². The molecule has 82 valence electrons. The first kappa shape index (κ1) is 16.1. The van der Waals surface area contributed by atoms with E-state index in [2.05, 4.69) is 0 Å². The number of hydrogen-bond donors (Lipinski definition) is 2. The van der Waals surface area contributed by atoms with Gasteiger partial charge in [-0.1, -0.05) is 0 Å². The summed E-state index contributed by atoms with van der Waals surface area (Å²) in [5, 5.41) is 17.6. The Bertz CT molecular complexity index is 103. The van der Waals surface area contributed by atoms with Crippen molar-refractivity contribution in [3.63, 3.8) is 0 Å². The van der Waals surface area contributed by atoms with Crippen LogP contribution in [0.3, 0.4) is 0 Å². The number of ether oxygens (including phenoxy) is 2. The van der Waals surface area contributed by atoms with E-state index in [1.807, 2.05) is 0 Å². The van der Waals surface area contributed by atoms with Crippen LogP contribution in [0.15, 0.2) is 0 Å². The van der Waals surface area contributed by atoms with Gasteiger partial charge >= 0.3 is 23.7 Å². The predicted octanol–water partition coefficient (Wildman–Crippen LogP) is -1.13. The molecule has 0 spiro atoms. The van der Waals surface area contributed by atoms with Crippen LogP contribution in [0, 0.1) is 0 Å². The number of hydrogen-bond acceptors (Lipinski definition) is 4. The van der Waals surface area contributed by atoms with Gasteiger partial charge in [-0.25, -0.2) is 0 Å².